The van der Waals surface area contributed by atoms with Crippen molar-refractivity contribution in [3.8, 4) is 0 Å². The first kappa shape index (κ1) is 18.4. The number of halogens is 2. The summed E-state index contributed by atoms with van der Waals surface area (Å²) in [6, 6.07) is 3.67. The molecule has 0 saturated heterocycles. The van der Waals surface area contributed by atoms with Gasteiger partial charge in [0, 0.05) is 31.9 Å². The number of pyridine rings is 1. The van der Waals surface area contributed by atoms with Gasteiger partial charge in [0.15, 0.2) is 0 Å². The lowest BCUT2D eigenvalue weighted by Crippen LogP contribution is -2.37. The molecule has 3 rings (SSSR count). The van der Waals surface area contributed by atoms with E-state index in [2.05, 4.69) is 10.3 Å². The van der Waals surface area contributed by atoms with E-state index >= 15 is 0 Å². The van der Waals surface area contributed by atoms with Gasteiger partial charge in [0.1, 0.15) is 17.3 Å². The van der Waals surface area contributed by atoms with E-state index in [-0.39, 0.29) is 22.2 Å². The summed E-state index contributed by atoms with van der Waals surface area (Å²) in [5.41, 5.74) is -0.757. The number of hydrogen-bond donors (Lipinski definition) is 1. The molecule has 0 saturated carbocycles. The zero-order valence-corrected chi connectivity index (χ0v) is 14.8. The zero-order valence-electron chi connectivity index (χ0n) is 14.8. The molecule has 0 aliphatic rings. The Kier molecular flexibility index (Phi) is 4.61. The molecule has 1 unspecified atom stereocenters. The summed E-state index contributed by atoms with van der Waals surface area (Å²) < 4.78 is 29.0. The summed E-state index contributed by atoms with van der Waals surface area (Å²) >= 11 is 0. The number of amides is 1. The summed E-state index contributed by atoms with van der Waals surface area (Å²) in [6.07, 6.45) is 1.23. The highest BCUT2D eigenvalue weighted by atomic mass is 19.1. The maximum Gasteiger partial charge on any atom is 0.332 e. The second-order valence-corrected chi connectivity index (χ2v) is 6.16. The van der Waals surface area contributed by atoms with Crippen LogP contribution >= 0.6 is 0 Å². The second-order valence-electron chi connectivity index (χ2n) is 6.16. The third kappa shape index (κ3) is 3.23. The Morgan fingerprint density at radius 3 is 2.52 bits per heavy atom. The lowest BCUT2D eigenvalue weighted by atomic mass is 10.1. The highest BCUT2D eigenvalue weighted by Gasteiger charge is 2.17. The molecule has 27 heavy (non-hydrogen) atoms. The van der Waals surface area contributed by atoms with Crippen molar-refractivity contribution < 1.29 is 13.6 Å². The fourth-order valence-corrected chi connectivity index (χ4v) is 2.80. The van der Waals surface area contributed by atoms with Crippen LogP contribution in [0, 0.1) is 11.6 Å². The second kappa shape index (κ2) is 6.75. The molecular weight excluding hydrogens is 358 g/mol. The number of rotatable bonds is 3. The molecule has 3 aromatic rings. The molecule has 0 radical (unpaired) electrons. The topological polar surface area (TPSA) is 86.0 Å². The number of carbonyl (C=O) groups is 1. The van der Waals surface area contributed by atoms with Crippen LogP contribution in [0.4, 0.5) is 8.78 Å². The lowest BCUT2D eigenvalue weighted by molar-refractivity contribution is 0.0939. The normalized spacial score (nSPS) is 12.2. The summed E-state index contributed by atoms with van der Waals surface area (Å²) in [5, 5.41) is 2.68. The molecule has 1 atom stereocenters. The van der Waals surface area contributed by atoms with Gasteiger partial charge in [0.2, 0.25) is 0 Å². The van der Waals surface area contributed by atoms with Crippen LogP contribution in [0.5, 0.6) is 0 Å². The average molecular weight is 374 g/mol. The molecule has 9 heteroatoms. The van der Waals surface area contributed by atoms with Crippen molar-refractivity contribution in [1.82, 2.24) is 19.4 Å². The van der Waals surface area contributed by atoms with Crippen LogP contribution in [0.2, 0.25) is 0 Å². The van der Waals surface area contributed by atoms with Gasteiger partial charge in [-0.25, -0.2) is 18.6 Å². The fraction of sp³-hybridized carbons (Fsp3) is 0.222. The van der Waals surface area contributed by atoms with E-state index in [0.29, 0.717) is 0 Å². The van der Waals surface area contributed by atoms with Crippen LogP contribution in [-0.2, 0) is 14.1 Å². The SMILES string of the molecule is CC(NC(=O)c1cnc2c(c1)c(=O)n(C)c(=O)n2C)c1ccc(F)cc1F. The predicted molar refractivity (Wildman–Crippen MR) is 94.5 cm³/mol. The number of aryl methyl sites for hydroxylation is 1. The van der Waals surface area contributed by atoms with Crippen molar-refractivity contribution in [3.63, 3.8) is 0 Å². The number of fused-ring (bicyclic) bond motifs is 1. The van der Waals surface area contributed by atoms with Gasteiger partial charge in [-0.2, -0.15) is 0 Å². The molecule has 0 aliphatic heterocycles. The highest BCUT2D eigenvalue weighted by molar-refractivity contribution is 5.96. The van der Waals surface area contributed by atoms with Crippen molar-refractivity contribution in [2.75, 3.05) is 0 Å². The van der Waals surface area contributed by atoms with E-state index in [9.17, 15) is 23.2 Å². The Labute approximate surface area is 151 Å². The Bertz CT molecular complexity index is 1180. The summed E-state index contributed by atoms with van der Waals surface area (Å²) in [5.74, 6) is -2.07. The van der Waals surface area contributed by atoms with Crippen LogP contribution in [0.1, 0.15) is 28.9 Å². The van der Waals surface area contributed by atoms with Crippen molar-refractivity contribution in [1.29, 1.82) is 0 Å². The molecule has 7 nitrogen and oxygen atoms in total. The molecule has 140 valence electrons. The Morgan fingerprint density at radius 1 is 1.15 bits per heavy atom. The van der Waals surface area contributed by atoms with Gasteiger partial charge < -0.3 is 5.32 Å². The molecule has 0 spiro atoms. The number of benzene rings is 1. The molecule has 0 bridgehead atoms. The molecule has 2 heterocycles. The molecule has 1 N–H and O–H groups in total. The fourth-order valence-electron chi connectivity index (χ4n) is 2.80. The summed E-state index contributed by atoms with van der Waals surface area (Å²) in [7, 11) is 2.80. The maximum atomic E-state index is 13.9. The van der Waals surface area contributed by atoms with E-state index in [4.69, 9.17) is 0 Å². The van der Waals surface area contributed by atoms with Gasteiger partial charge in [-0.15, -0.1) is 0 Å². The van der Waals surface area contributed by atoms with Crippen molar-refractivity contribution in [3.05, 3.63) is 74.1 Å². The smallest absolute Gasteiger partial charge is 0.332 e. The zero-order chi connectivity index (χ0) is 19.9. The first-order valence-corrected chi connectivity index (χ1v) is 8.02. The Morgan fingerprint density at radius 2 is 1.85 bits per heavy atom. The minimum Gasteiger partial charge on any atom is -0.345 e. The molecule has 0 fully saturated rings. The van der Waals surface area contributed by atoms with E-state index in [1.807, 2.05) is 0 Å². The number of hydrogen-bond acceptors (Lipinski definition) is 4. The molecule has 1 amide bonds. The van der Waals surface area contributed by atoms with Gasteiger partial charge in [0.05, 0.1) is 17.0 Å². The number of nitrogens with one attached hydrogen (secondary N) is 1. The van der Waals surface area contributed by atoms with E-state index < -0.39 is 34.8 Å². The molecule has 0 aliphatic carbocycles. The van der Waals surface area contributed by atoms with Crippen molar-refractivity contribution in [2.24, 2.45) is 14.1 Å². The minimum atomic E-state index is -0.775. The largest absolute Gasteiger partial charge is 0.345 e. The summed E-state index contributed by atoms with van der Waals surface area (Å²) in [6.45, 7) is 1.55. The van der Waals surface area contributed by atoms with Crippen LogP contribution in [0.3, 0.4) is 0 Å². The van der Waals surface area contributed by atoms with Crippen molar-refractivity contribution in [2.45, 2.75) is 13.0 Å². The van der Waals surface area contributed by atoms with E-state index in [1.54, 1.807) is 6.92 Å². The number of aromatic nitrogens is 3. The average Bonchev–Trinajstić information content (AvgIpc) is 2.63. The Hall–Kier alpha value is -3.36. The first-order chi connectivity index (χ1) is 12.7. The molecule has 2 aromatic heterocycles. The molecular formula is C18H16F2N4O3. The third-order valence-corrected chi connectivity index (χ3v) is 4.33. The van der Waals surface area contributed by atoms with E-state index in [0.717, 1.165) is 16.7 Å². The van der Waals surface area contributed by atoms with Crippen LogP contribution in [-0.4, -0.2) is 20.0 Å². The number of carbonyl (C=O) groups excluding carboxylic acids is 1. The number of nitrogens with zero attached hydrogens (tertiary/aromatic N) is 3. The monoisotopic (exact) mass is 374 g/mol. The highest BCUT2D eigenvalue weighted by Crippen LogP contribution is 2.18. The van der Waals surface area contributed by atoms with Gasteiger partial charge in [-0.05, 0) is 19.1 Å². The lowest BCUT2D eigenvalue weighted by Gasteiger charge is -2.15. The third-order valence-electron chi connectivity index (χ3n) is 4.33. The molecule has 1 aromatic carbocycles. The van der Waals surface area contributed by atoms with Gasteiger partial charge in [0.25, 0.3) is 11.5 Å². The van der Waals surface area contributed by atoms with Crippen LogP contribution in [0.25, 0.3) is 11.0 Å². The summed E-state index contributed by atoms with van der Waals surface area (Å²) in [4.78, 5) is 40.7. The first-order valence-electron chi connectivity index (χ1n) is 8.02. The van der Waals surface area contributed by atoms with Gasteiger partial charge in [-0.3, -0.25) is 18.7 Å². The Balaban J connectivity index is 1.96. The van der Waals surface area contributed by atoms with Crippen LogP contribution < -0.4 is 16.6 Å². The van der Waals surface area contributed by atoms with Crippen LogP contribution in [0.15, 0.2) is 40.1 Å². The standard InChI is InChI=1S/C18H16F2N4O3/c1-9(12-5-4-11(19)7-14(12)20)22-16(25)10-6-13-15(21-8-10)23(2)18(27)24(3)17(13)26/h4-9H,1-3H3,(H,22,25). The van der Waals surface area contributed by atoms with Crippen molar-refractivity contribution >= 4 is 16.9 Å². The quantitative estimate of drug-likeness (QED) is 0.751. The van der Waals surface area contributed by atoms with Gasteiger partial charge in [-0.1, -0.05) is 6.07 Å². The minimum absolute atomic E-state index is 0.0765. The van der Waals surface area contributed by atoms with E-state index in [1.165, 1.54) is 37.0 Å². The predicted octanol–water partition coefficient (Wildman–Crippen LogP) is 1.40. The maximum absolute atomic E-state index is 13.9. The van der Waals surface area contributed by atoms with Gasteiger partial charge >= 0.3 is 5.69 Å².